The summed E-state index contributed by atoms with van der Waals surface area (Å²) in [5.41, 5.74) is 1.88. The number of thiazole rings is 1. The third-order valence-corrected chi connectivity index (χ3v) is 7.96. The molecule has 0 spiro atoms. The molecule has 0 aliphatic carbocycles. The van der Waals surface area contributed by atoms with Gasteiger partial charge in [-0.05, 0) is 50.6 Å². The van der Waals surface area contributed by atoms with Gasteiger partial charge in [0, 0.05) is 6.42 Å². The molecule has 0 radical (unpaired) electrons. The van der Waals surface area contributed by atoms with Crippen LogP contribution in [0.1, 0.15) is 35.7 Å². The molecule has 3 aromatic rings. The zero-order chi connectivity index (χ0) is 25.6. The molecule has 1 heterocycles. The van der Waals surface area contributed by atoms with Crippen LogP contribution in [0.5, 0.6) is 0 Å². The maximum atomic E-state index is 12.6. The molecule has 0 aliphatic rings. The zero-order valence-electron chi connectivity index (χ0n) is 19.6. The van der Waals surface area contributed by atoms with Crippen LogP contribution in [0.2, 0.25) is 0 Å². The molecule has 1 amide bonds. The summed E-state index contributed by atoms with van der Waals surface area (Å²) < 4.78 is 37.0. The molecule has 3 rings (SSSR count). The van der Waals surface area contributed by atoms with Gasteiger partial charge in [0.1, 0.15) is 6.54 Å². The number of esters is 2. The van der Waals surface area contributed by atoms with Crippen LogP contribution >= 0.6 is 11.3 Å². The monoisotopic (exact) mass is 518 g/mol. The van der Waals surface area contributed by atoms with Crippen LogP contribution in [0.25, 0.3) is 10.2 Å². The molecular formula is C24H26N2O7S2. The molecule has 0 N–H and O–H groups in total. The number of aryl methyl sites for hydroxylation is 1. The first-order chi connectivity index (χ1) is 16.6. The molecule has 0 aliphatic heterocycles. The Hall–Kier alpha value is -3.31. The van der Waals surface area contributed by atoms with Gasteiger partial charge >= 0.3 is 11.9 Å². The quantitative estimate of drug-likeness (QED) is 0.399. The van der Waals surface area contributed by atoms with Crippen LogP contribution in [0.4, 0.5) is 0 Å². The average molecular weight is 519 g/mol. The molecule has 0 fully saturated rings. The zero-order valence-corrected chi connectivity index (χ0v) is 21.3. The first-order valence-corrected chi connectivity index (χ1v) is 13.4. The summed E-state index contributed by atoms with van der Waals surface area (Å²) in [5.74, 6) is -1.71. The molecule has 186 valence electrons. The minimum atomic E-state index is -3.51. The van der Waals surface area contributed by atoms with Crippen LogP contribution in [-0.4, -0.2) is 50.3 Å². The topological polar surface area (TPSA) is 121 Å². The van der Waals surface area contributed by atoms with Crippen molar-refractivity contribution in [2.45, 2.75) is 38.1 Å². The molecule has 1 aromatic heterocycles. The summed E-state index contributed by atoms with van der Waals surface area (Å²) in [5, 5.41) is 0. The number of carbonyl (C=O) groups excluding carboxylic acids is 3. The van der Waals surface area contributed by atoms with E-state index >= 15 is 0 Å². The molecule has 0 atom stereocenters. The number of rotatable bonds is 9. The fourth-order valence-corrected chi connectivity index (χ4v) is 5.73. The highest BCUT2D eigenvalue weighted by Gasteiger charge is 2.17. The SMILES string of the molecule is CCOC(=O)Cn1c(=NC(=O)CCCS(=O)(=O)c2ccc(C)cc2)sc2cc(C(=O)OC)ccc21. The van der Waals surface area contributed by atoms with Gasteiger partial charge in [0.05, 0.1) is 40.1 Å². The summed E-state index contributed by atoms with van der Waals surface area (Å²) in [7, 11) is -2.24. The maximum Gasteiger partial charge on any atom is 0.337 e. The molecule has 0 bridgehead atoms. The fraction of sp³-hybridized carbons (Fsp3) is 0.333. The van der Waals surface area contributed by atoms with Gasteiger partial charge in [-0.3, -0.25) is 9.59 Å². The Kier molecular flexibility index (Phi) is 8.57. The third kappa shape index (κ3) is 6.64. The Morgan fingerprint density at radius 1 is 1.09 bits per heavy atom. The average Bonchev–Trinajstić information content (AvgIpc) is 3.14. The van der Waals surface area contributed by atoms with Crippen molar-refractivity contribution in [1.82, 2.24) is 4.57 Å². The van der Waals surface area contributed by atoms with Gasteiger partial charge in [-0.2, -0.15) is 4.99 Å². The second-order valence-electron chi connectivity index (χ2n) is 7.69. The van der Waals surface area contributed by atoms with E-state index in [2.05, 4.69) is 4.99 Å². The molecule has 2 aromatic carbocycles. The lowest BCUT2D eigenvalue weighted by molar-refractivity contribution is -0.143. The lowest BCUT2D eigenvalue weighted by atomic mass is 10.2. The van der Waals surface area contributed by atoms with E-state index < -0.39 is 27.7 Å². The van der Waals surface area contributed by atoms with Gasteiger partial charge in [0.2, 0.25) is 5.91 Å². The Morgan fingerprint density at radius 2 is 1.80 bits per heavy atom. The van der Waals surface area contributed by atoms with Gasteiger partial charge in [0.25, 0.3) is 0 Å². The summed E-state index contributed by atoms with van der Waals surface area (Å²) >= 11 is 1.13. The van der Waals surface area contributed by atoms with E-state index in [1.165, 1.54) is 7.11 Å². The molecule has 0 saturated heterocycles. The number of ether oxygens (including phenoxy) is 2. The lowest BCUT2D eigenvalue weighted by Gasteiger charge is -2.06. The lowest BCUT2D eigenvalue weighted by Crippen LogP contribution is -2.23. The Balaban J connectivity index is 1.84. The first-order valence-electron chi connectivity index (χ1n) is 10.9. The van der Waals surface area contributed by atoms with Crippen LogP contribution < -0.4 is 4.80 Å². The number of aromatic nitrogens is 1. The Morgan fingerprint density at radius 3 is 2.46 bits per heavy atom. The van der Waals surface area contributed by atoms with Gasteiger partial charge in [0.15, 0.2) is 14.6 Å². The molecule has 0 saturated carbocycles. The maximum absolute atomic E-state index is 12.6. The summed E-state index contributed by atoms with van der Waals surface area (Å²) in [6.45, 7) is 3.60. The van der Waals surface area contributed by atoms with Crippen molar-refractivity contribution >= 4 is 49.2 Å². The van der Waals surface area contributed by atoms with E-state index in [9.17, 15) is 22.8 Å². The van der Waals surface area contributed by atoms with E-state index in [0.717, 1.165) is 16.9 Å². The second-order valence-corrected chi connectivity index (χ2v) is 10.8. The van der Waals surface area contributed by atoms with Gasteiger partial charge in [-0.25, -0.2) is 13.2 Å². The van der Waals surface area contributed by atoms with Crippen molar-refractivity contribution in [2.24, 2.45) is 4.99 Å². The van der Waals surface area contributed by atoms with E-state index in [-0.39, 0.29) is 41.4 Å². The predicted molar refractivity (Wildman–Crippen MR) is 131 cm³/mol. The number of hydrogen-bond acceptors (Lipinski definition) is 8. The molecule has 0 unspecified atom stereocenters. The van der Waals surface area contributed by atoms with Gasteiger partial charge < -0.3 is 14.0 Å². The molecule has 11 heteroatoms. The highest BCUT2D eigenvalue weighted by atomic mass is 32.2. The number of nitrogens with zero attached hydrogens (tertiary/aromatic N) is 2. The molecular weight excluding hydrogens is 492 g/mol. The summed E-state index contributed by atoms with van der Waals surface area (Å²) in [6, 6.07) is 11.4. The van der Waals surface area contributed by atoms with E-state index in [1.54, 1.807) is 54.0 Å². The Bertz CT molecular complexity index is 1420. The van der Waals surface area contributed by atoms with Crippen molar-refractivity contribution in [2.75, 3.05) is 19.5 Å². The van der Waals surface area contributed by atoms with Gasteiger partial charge in [-0.15, -0.1) is 0 Å². The highest BCUT2D eigenvalue weighted by molar-refractivity contribution is 7.91. The Labute approximate surface area is 206 Å². The summed E-state index contributed by atoms with van der Waals surface area (Å²) in [4.78, 5) is 41.2. The molecule has 35 heavy (non-hydrogen) atoms. The minimum absolute atomic E-state index is 0.0772. The van der Waals surface area contributed by atoms with Crippen LogP contribution in [-0.2, 0) is 35.4 Å². The first kappa shape index (κ1) is 26.3. The second kappa shape index (κ2) is 11.4. The van der Waals surface area contributed by atoms with E-state index in [1.807, 2.05) is 6.92 Å². The minimum Gasteiger partial charge on any atom is -0.465 e. The van der Waals surface area contributed by atoms with Crippen LogP contribution in [0.3, 0.4) is 0 Å². The van der Waals surface area contributed by atoms with E-state index in [0.29, 0.717) is 15.8 Å². The highest BCUT2D eigenvalue weighted by Crippen LogP contribution is 2.20. The fourth-order valence-electron chi connectivity index (χ4n) is 3.33. The van der Waals surface area contributed by atoms with Crippen LogP contribution in [0, 0.1) is 6.92 Å². The normalized spacial score (nSPS) is 12.0. The number of sulfone groups is 1. The molecule has 9 nitrogen and oxygen atoms in total. The van der Waals surface area contributed by atoms with Crippen molar-refractivity contribution in [1.29, 1.82) is 0 Å². The standard InChI is InChI=1S/C24H26N2O7S2/c1-4-33-22(28)15-26-19-12-9-17(23(29)32-3)14-20(19)34-24(26)25-21(27)6-5-13-35(30,31)18-10-7-16(2)8-11-18/h7-12,14H,4-6,13,15H2,1-3H3. The van der Waals surface area contributed by atoms with Crippen molar-refractivity contribution in [3.8, 4) is 0 Å². The largest absolute Gasteiger partial charge is 0.465 e. The van der Waals surface area contributed by atoms with Crippen molar-refractivity contribution in [3.05, 3.63) is 58.4 Å². The van der Waals surface area contributed by atoms with Gasteiger partial charge in [-0.1, -0.05) is 29.0 Å². The number of carbonyl (C=O) groups is 3. The smallest absolute Gasteiger partial charge is 0.337 e. The number of benzene rings is 2. The van der Waals surface area contributed by atoms with Crippen LogP contribution in [0.15, 0.2) is 52.4 Å². The van der Waals surface area contributed by atoms with E-state index in [4.69, 9.17) is 9.47 Å². The summed E-state index contributed by atoms with van der Waals surface area (Å²) in [6.07, 6.45) is 0.0277. The number of amides is 1. The number of hydrogen-bond donors (Lipinski definition) is 0. The third-order valence-electron chi connectivity index (χ3n) is 5.10. The van der Waals surface area contributed by atoms with Crippen molar-refractivity contribution < 1.29 is 32.3 Å². The number of fused-ring (bicyclic) bond motifs is 1. The predicted octanol–water partition coefficient (Wildman–Crippen LogP) is 3.04. The number of methoxy groups -OCH3 is 1. The van der Waals surface area contributed by atoms with Crippen molar-refractivity contribution in [3.63, 3.8) is 0 Å².